The van der Waals surface area contributed by atoms with Crippen LogP contribution in [0.25, 0.3) is 89.2 Å². The van der Waals surface area contributed by atoms with E-state index in [4.69, 9.17) is 15.0 Å². The van der Waals surface area contributed by atoms with Gasteiger partial charge in [0, 0.05) is 44.3 Å². The molecule has 1 aliphatic carbocycles. The molecular formula is C47H32N6. The molecule has 0 atom stereocenters. The van der Waals surface area contributed by atoms with Crippen LogP contribution in [0.4, 0.5) is 0 Å². The lowest BCUT2D eigenvalue weighted by Gasteiger charge is -2.21. The summed E-state index contributed by atoms with van der Waals surface area (Å²) in [5, 5.41) is 4.62. The van der Waals surface area contributed by atoms with Crippen LogP contribution in [0.1, 0.15) is 25.0 Å². The Morgan fingerprint density at radius 3 is 1.75 bits per heavy atom. The summed E-state index contributed by atoms with van der Waals surface area (Å²) >= 11 is 0. The number of rotatable bonds is 4. The lowest BCUT2D eigenvalue weighted by Crippen LogP contribution is -2.14. The Morgan fingerprint density at radius 1 is 0.453 bits per heavy atom. The topological polar surface area (TPSA) is 61.4 Å². The minimum Gasteiger partial charge on any atom is -0.307 e. The third kappa shape index (κ3) is 4.26. The molecule has 4 aromatic heterocycles. The highest BCUT2D eigenvalue weighted by Crippen LogP contribution is 2.49. The molecule has 0 radical (unpaired) electrons. The average molecular weight is 681 g/mol. The van der Waals surface area contributed by atoms with E-state index in [-0.39, 0.29) is 5.41 Å². The molecule has 0 unspecified atom stereocenters. The number of hydrogen-bond acceptors (Lipinski definition) is 4. The van der Waals surface area contributed by atoms with Crippen LogP contribution in [0.5, 0.6) is 0 Å². The molecule has 53 heavy (non-hydrogen) atoms. The van der Waals surface area contributed by atoms with Crippen molar-refractivity contribution in [2.75, 3.05) is 0 Å². The summed E-state index contributed by atoms with van der Waals surface area (Å²) in [5.74, 6) is 1.79. The molecule has 10 aromatic rings. The first-order valence-corrected chi connectivity index (χ1v) is 18.0. The van der Waals surface area contributed by atoms with Crippen LogP contribution >= 0.6 is 0 Å². The van der Waals surface area contributed by atoms with Gasteiger partial charge in [0.2, 0.25) is 5.95 Å². The van der Waals surface area contributed by atoms with E-state index in [2.05, 4.69) is 174 Å². The first-order valence-electron chi connectivity index (χ1n) is 18.0. The highest BCUT2D eigenvalue weighted by molar-refractivity contribution is 6.10. The van der Waals surface area contributed by atoms with E-state index in [1.807, 2.05) is 12.4 Å². The van der Waals surface area contributed by atoms with Crippen molar-refractivity contribution in [3.05, 3.63) is 169 Å². The summed E-state index contributed by atoms with van der Waals surface area (Å²) in [4.78, 5) is 20.5. The molecule has 0 fully saturated rings. The Morgan fingerprint density at radius 2 is 1.02 bits per heavy atom. The number of pyridine rings is 1. The molecule has 1 aliphatic rings. The molecule has 6 heteroatoms. The Labute approximate surface area is 305 Å². The molecule has 4 heterocycles. The van der Waals surface area contributed by atoms with Crippen molar-refractivity contribution >= 4 is 43.6 Å². The van der Waals surface area contributed by atoms with Gasteiger partial charge in [0.05, 0.1) is 34.0 Å². The van der Waals surface area contributed by atoms with Gasteiger partial charge in [-0.3, -0.25) is 9.55 Å². The van der Waals surface area contributed by atoms with Crippen molar-refractivity contribution in [3.63, 3.8) is 0 Å². The largest absolute Gasteiger partial charge is 0.307 e. The van der Waals surface area contributed by atoms with Gasteiger partial charge in [-0.25, -0.2) is 4.98 Å². The van der Waals surface area contributed by atoms with Gasteiger partial charge in [-0.2, -0.15) is 9.97 Å². The number of aromatic nitrogens is 6. The number of fused-ring (bicyclic) bond motifs is 9. The maximum atomic E-state index is 5.35. The third-order valence-electron chi connectivity index (χ3n) is 11.1. The SMILES string of the molecule is CC1(C)c2ccccc2-c2cc(-c3nc(-c4ccccc4-n4c5ccccc5c5ccncc54)nc(-n4c5ccccc5c5ccccc54)n3)ccc21. The first-order chi connectivity index (χ1) is 26.1. The predicted molar refractivity (Wildman–Crippen MR) is 215 cm³/mol. The second-order valence-corrected chi connectivity index (χ2v) is 14.3. The lowest BCUT2D eigenvalue weighted by atomic mass is 9.82. The molecule has 0 amide bonds. The van der Waals surface area contributed by atoms with Crippen molar-refractivity contribution < 1.29 is 0 Å². The van der Waals surface area contributed by atoms with Crippen LogP contribution in [0.3, 0.4) is 0 Å². The quantitative estimate of drug-likeness (QED) is 0.186. The zero-order valence-corrected chi connectivity index (χ0v) is 29.2. The van der Waals surface area contributed by atoms with Crippen LogP contribution in [0.15, 0.2) is 158 Å². The molecule has 11 rings (SSSR count). The lowest BCUT2D eigenvalue weighted by molar-refractivity contribution is 0.660. The fourth-order valence-corrected chi connectivity index (χ4v) is 8.65. The van der Waals surface area contributed by atoms with Crippen LogP contribution in [-0.4, -0.2) is 29.1 Å². The van der Waals surface area contributed by atoms with Crippen LogP contribution in [0, 0.1) is 0 Å². The highest BCUT2D eigenvalue weighted by atomic mass is 15.2. The van der Waals surface area contributed by atoms with E-state index in [1.54, 1.807) is 0 Å². The van der Waals surface area contributed by atoms with Crippen molar-refractivity contribution in [2.24, 2.45) is 0 Å². The van der Waals surface area contributed by atoms with Gasteiger partial charge in [-0.15, -0.1) is 0 Å². The van der Waals surface area contributed by atoms with E-state index >= 15 is 0 Å². The molecule has 0 spiro atoms. The predicted octanol–water partition coefficient (Wildman–Crippen LogP) is 11.1. The average Bonchev–Trinajstić information content (AvgIpc) is 3.81. The van der Waals surface area contributed by atoms with Gasteiger partial charge in [0.25, 0.3) is 0 Å². The van der Waals surface area contributed by atoms with E-state index in [9.17, 15) is 0 Å². The minimum atomic E-state index is -0.0983. The van der Waals surface area contributed by atoms with Crippen molar-refractivity contribution in [1.82, 2.24) is 29.1 Å². The third-order valence-corrected chi connectivity index (χ3v) is 11.1. The molecule has 0 aliphatic heterocycles. The Balaban J connectivity index is 1.21. The second-order valence-electron chi connectivity index (χ2n) is 14.3. The number of para-hydroxylation sites is 4. The van der Waals surface area contributed by atoms with Crippen LogP contribution in [0.2, 0.25) is 0 Å². The summed E-state index contributed by atoms with van der Waals surface area (Å²) in [6.45, 7) is 4.61. The van der Waals surface area contributed by atoms with Gasteiger partial charge in [0.1, 0.15) is 0 Å². The number of benzene rings is 6. The standard InChI is InChI=1S/C47H32N6/c1-47(2)37-18-8-3-13-30(37)36-27-29(23-24-38(36)47)44-49-45(51-46(50-44)53-40-20-10-5-14-31(40)32-15-6-11-21-41(32)53)35-17-7-12-22-42(35)52-39-19-9-4-16-33(39)34-25-26-48-28-43(34)52/h3-28H,1-2H3. The first kappa shape index (κ1) is 29.8. The van der Waals surface area contributed by atoms with Crippen molar-refractivity contribution in [3.8, 4) is 45.5 Å². The summed E-state index contributed by atoms with van der Waals surface area (Å²) in [6.07, 6.45) is 3.80. The fraction of sp³-hybridized carbons (Fsp3) is 0.0638. The van der Waals surface area contributed by atoms with Gasteiger partial charge >= 0.3 is 0 Å². The smallest absolute Gasteiger partial charge is 0.238 e. The Kier molecular flexibility index (Phi) is 6.20. The van der Waals surface area contributed by atoms with Gasteiger partial charge in [0.15, 0.2) is 11.6 Å². The Hall–Kier alpha value is -6.92. The maximum Gasteiger partial charge on any atom is 0.238 e. The second kappa shape index (κ2) is 11.0. The van der Waals surface area contributed by atoms with Crippen LogP contribution < -0.4 is 0 Å². The van der Waals surface area contributed by atoms with Gasteiger partial charge in [-0.05, 0) is 64.7 Å². The number of hydrogen-bond donors (Lipinski definition) is 0. The molecule has 0 saturated carbocycles. The monoisotopic (exact) mass is 680 g/mol. The summed E-state index contributed by atoms with van der Waals surface area (Å²) in [7, 11) is 0. The van der Waals surface area contributed by atoms with E-state index < -0.39 is 0 Å². The molecule has 250 valence electrons. The zero-order valence-electron chi connectivity index (χ0n) is 29.2. The Bertz CT molecular complexity index is 3000. The molecule has 0 N–H and O–H groups in total. The molecule has 0 bridgehead atoms. The van der Waals surface area contributed by atoms with Crippen molar-refractivity contribution in [1.29, 1.82) is 0 Å². The van der Waals surface area contributed by atoms with E-state index in [1.165, 1.54) is 27.6 Å². The van der Waals surface area contributed by atoms with Gasteiger partial charge in [-0.1, -0.05) is 117 Å². The molecule has 6 aromatic carbocycles. The highest BCUT2D eigenvalue weighted by Gasteiger charge is 2.35. The molecular weight excluding hydrogens is 649 g/mol. The maximum absolute atomic E-state index is 5.35. The van der Waals surface area contributed by atoms with Gasteiger partial charge < -0.3 is 4.57 Å². The summed E-state index contributed by atoms with van der Waals surface area (Å²) in [6, 6.07) is 51.4. The minimum absolute atomic E-state index is 0.0983. The van der Waals surface area contributed by atoms with E-state index in [0.29, 0.717) is 17.6 Å². The molecule has 0 saturated heterocycles. The zero-order chi connectivity index (χ0) is 35.3. The van der Waals surface area contributed by atoms with Crippen LogP contribution in [-0.2, 0) is 5.41 Å². The fourth-order valence-electron chi connectivity index (χ4n) is 8.65. The van der Waals surface area contributed by atoms with E-state index in [0.717, 1.165) is 55.0 Å². The summed E-state index contributed by atoms with van der Waals surface area (Å²) in [5.41, 5.74) is 12.1. The summed E-state index contributed by atoms with van der Waals surface area (Å²) < 4.78 is 4.46. The van der Waals surface area contributed by atoms with Crippen molar-refractivity contribution in [2.45, 2.75) is 19.3 Å². The number of nitrogens with zero attached hydrogens (tertiary/aromatic N) is 6. The normalized spacial score (nSPS) is 13.2. The molecule has 6 nitrogen and oxygen atoms in total.